The first-order valence-electron chi connectivity index (χ1n) is 8.52. The Morgan fingerprint density at radius 2 is 1.19 bits per heavy atom. The zero-order valence-corrected chi connectivity index (χ0v) is 15.7. The van der Waals surface area contributed by atoms with Gasteiger partial charge >= 0.3 is 8.32 Å². The van der Waals surface area contributed by atoms with Crippen molar-refractivity contribution in [2.45, 2.75) is 13.3 Å². The minimum absolute atomic E-state index is 0.253. The van der Waals surface area contributed by atoms with Crippen LogP contribution in [0.25, 0.3) is 0 Å². The lowest BCUT2D eigenvalue weighted by Gasteiger charge is -2.30. The molecule has 0 amide bonds. The van der Waals surface area contributed by atoms with E-state index < -0.39 is 8.32 Å². The van der Waals surface area contributed by atoms with Gasteiger partial charge in [0.1, 0.15) is 0 Å². The van der Waals surface area contributed by atoms with Crippen LogP contribution in [0.5, 0.6) is 0 Å². The molecule has 3 rings (SSSR count). The number of nitrogens with zero attached hydrogens (tertiary/aromatic N) is 2. The smallest absolute Gasteiger partial charge is 0.380 e. The van der Waals surface area contributed by atoms with Gasteiger partial charge in [-0.25, -0.2) is 0 Å². The molecule has 4 heteroatoms. The van der Waals surface area contributed by atoms with Gasteiger partial charge in [-0.2, -0.15) is 5.26 Å². The van der Waals surface area contributed by atoms with E-state index >= 15 is 0 Å². The Labute approximate surface area is 155 Å². The van der Waals surface area contributed by atoms with Gasteiger partial charge in [0, 0.05) is 0 Å². The highest BCUT2D eigenvalue weighted by molar-refractivity contribution is 7.07. The molecule has 0 bridgehead atoms. The van der Waals surface area contributed by atoms with Gasteiger partial charge < -0.3 is 4.53 Å². The molecule has 0 aliphatic carbocycles. The molecule has 0 atom stereocenters. The molecular formula is C22H20N2OSi. The van der Waals surface area contributed by atoms with Gasteiger partial charge in [-0.3, -0.25) is 0 Å². The number of benzene rings is 3. The average molecular weight is 357 g/mol. The fraction of sp³-hybridized carbons (Fsp3) is 0.0909. The van der Waals surface area contributed by atoms with E-state index in [-0.39, 0.29) is 6.42 Å². The van der Waals surface area contributed by atoms with Gasteiger partial charge in [-0.1, -0.05) is 91.0 Å². The molecule has 0 aliphatic heterocycles. The van der Waals surface area contributed by atoms with E-state index in [1.54, 1.807) is 0 Å². The molecular weight excluding hydrogens is 336 g/mol. The van der Waals surface area contributed by atoms with E-state index in [4.69, 9.17) is 9.79 Å². The molecule has 0 unspecified atom stereocenters. The normalized spacial score (nSPS) is 11.6. The van der Waals surface area contributed by atoms with Crippen molar-refractivity contribution in [2.75, 3.05) is 0 Å². The summed E-state index contributed by atoms with van der Waals surface area (Å²) in [6, 6.07) is 32.9. The molecule has 0 spiro atoms. The van der Waals surface area contributed by atoms with Crippen LogP contribution < -0.4 is 15.6 Å². The molecule has 0 heterocycles. The molecule has 0 aliphatic rings. The second kappa shape index (κ2) is 8.28. The van der Waals surface area contributed by atoms with Crippen LogP contribution in [0.3, 0.4) is 0 Å². The van der Waals surface area contributed by atoms with E-state index in [1.807, 2.05) is 61.5 Å². The third-order valence-electron chi connectivity index (χ3n) is 4.21. The van der Waals surface area contributed by atoms with Crippen molar-refractivity contribution in [2.24, 2.45) is 5.16 Å². The van der Waals surface area contributed by atoms with Gasteiger partial charge in [-0.05, 0) is 22.5 Å². The van der Waals surface area contributed by atoms with E-state index in [9.17, 15) is 0 Å². The van der Waals surface area contributed by atoms with Crippen molar-refractivity contribution in [3.8, 4) is 6.07 Å². The summed E-state index contributed by atoms with van der Waals surface area (Å²) in [5, 5.41) is 16.7. The van der Waals surface area contributed by atoms with Crippen LogP contribution in [0.4, 0.5) is 0 Å². The molecule has 3 aromatic carbocycles. The predicted molar refractivity (Wildman–Crippen MR) is 108 cm³/mol. The zero-order chi connectivity index (χ0) is 18.2. The first kappa shape index (κ1) is 17.7. The summed E-state index contributed by atoms with van der Waals surface area (Å²) in [6.07, 6.45) is 0.253. The van der Waals surface area contributed by atoms with Crippen LogP contribution in [0.15, 0.2) is 96.2 Å². The Bertz CT molecular complexity index is 806. The summed E-state index contributed by atoms with van der Waals surface area (Å²) in [4.78, 5) is 0. The summed E-state index contributed by atoms with van der Waals surface area (Å²) >= 11 is 0. The molecule has 0 fully saturated rings. The fourth-order valence-corrected chi connectivity index (χ4v) is 6.56. The number of oxime groups is 1. The van der Waals surface area contributed by atoms with Crippen LogP contribution >= 0.6 is 0 Å². The highest BCUT2D eigenvalue weighted by atomic mass is 28.4. The predicted octanol–water partition coefficient (Wildman–Crippen LogP) is 2.96. The van der Waals surface area contributed by atoms with Crippen molar-refractivity contribution in [1.82, 2.24) is 0 Å². The summed E-state index contributed by atoms with van der Waals surface area (Å²) in [5.74, 6) is 0. The van der Waals surface area contributed by atoms with Crippen molar-refractivity contribution < 1.29 is 4.53 Å². The maximum atomic E-state index is 8.94. The first-order chi connectivity index (χ1) is 12.8. The Balaban J connectivity index is 2.25. The Hall–Kier alpha value is -3.16. The van der Waals surface area contributed by atoms with E-state index in [1.165, 1.54) is 0 Å². The van der Waals surface area contributed by atoms with Crippen molar-refractivity contribution in [3.63, 3.8) is 0 Å². The van der Waals surface area contributed by atoms with Crippen LogP contribution in [0.1, 0.15) is 13.3 Å². The van der Waals surface area contributed by atoms with Crippen LogP contribution in [0.2, 0.25) is 0 Å². The number of hydrogen-bond acceptors (Lipinski definition) is 3. The number of hydrogen-bond donors (Lipinski definition) is 0. The summed E-state index contributed by atoms with van der Waals surface area (Å²) in [6.45, 7) is 1.82. The lowest BCUT2D eigenvalue weighted by molar-refractivity contribution is 0.347. The van der Waals surface area contributed by atoms with Gasteiger partial charge in [0.25, 0.3) is 0 Å². The summed E-state index contributed by atoms with van der Waals surface area (Å²) in [7, 11) is -2.81. The molecule has 0 N–H and O–H groups in total. The van der Waals surface area contributed by atoms with Gasteiger partial charge in [0.2, 0.25) is 0 Å². The largest absolute Gasteiger partial charge is 0.438 e. The van der Waals surface area contributed by atoms with E-state index in [0.717, 1.165) is 15.6 Å². The molecule has 0 radical (unpaired) electrons. The third kappa shape index (κ3) is 3.58. The topological polar surface area (TPSA) is 45.4 Å². The molecule has 0 aromatic heterocycles. The van der Waals surface area contributed by atoms with E-state index in [0.29, 0.717) is 5.71 Å². The number of nitriles is 1. The molecule has 3 aromatic rings. The van der Waals surface area contributed by atoms with Crippen molar-refractivity contribution in [1.29, 1.82) is 5.26 Å². The standard InChI is InChI=1S/C22H20N2OSi/c1-19(17-18-23)24-25-26(20-11-5-2-6-12-20,21-13-7-3-8-14-21)22-15-9-4-10-16-22/h2-16H,17H2,1H3/b24-19+. The maximum Gasteiger partial charge on any atom is 0.380 e. The lowest BCUT2D eigenvalue weighted by Crippen LogP contribution is -2.68. The van der Waals surface area contributed by atoms with Crippen LogP contribution in [-0.4, -0.2) is 14.0 Å². The minimum Gasteiger partial charge on any atom is -0.438 e. The lowest BCUT2D eigenvalue weighted by atomic mass is 10.3. The van der Waals surface area contributed by atoms with Crippen molar-refractivity contribution in [3.05, 3.63) is 91.0 Å². The highest BCUT2D eigenvalue weighted by Crippen LogP contribution is 2.10. The molecule has 128 valence electrons. The van der Waals surface area contributed by atoms with Gasteiger partial charge in [0.05, 0.1) is 18.2 Å². The molecule has 0 saturated carbocycles. The Morgan fingerprint density at radius 1 is 0.808 bits per heavy atom. The summed E-state index contributed by atoms with van der Waals surface area (Å²) < 4.78 is 6.38. The van der Waals surface area contributed by atoms with Crippen molar-refractivity contribution >= 4 is 29.6 Å². The van der Waals surface area contributed by atoms with Gasteiger partial charge in [-0.15, -0.1) is 5.16 Å². The van der Waals surface area contributed by atoms with Gasteiger partial charge in [0.15, 0.2) is 0 Å². The first-order valence-corrected chi connectivity index (χ1v) is 10.4. The monoisotopic (exact) mass is 356 g/mol. The molecule has 26 heavy (non-hydrogen) atoms. The fourth-order valence-electron chi connectivity index (χ4n) is 2.97. The number of rotatable bonds is 6. The quantitative estimate of drug-likeness (QED) is 0.295. The second-order valence-corrected chi connectivity index (χ2v) is 9.31. The Kier molecular flexibility index (Phi) is 5.62. The summed E-state index contributed by atoms with van der Waals surface area (Å²) in [5.41, 5.74) is 0.673. The molecule has 3 nitrogen and oxygen atoms in total. The Morgan fingerprint density at radius 3 is 1.54 bits per heavy atom. The van der Waals surface area contributed by atoms with Crippen LogP contribution in [-0.2, 0) is 4.53 Å². The second-order valence-electron chi connectivity index (χ2n) is 6.03. The SMILES string of the molecule is C/C(CC#N)=N\O[Si](c1ccccc1)(c1ccccc1)c1ccccc1. The maximum absolute atomic E-state index is 8.94. The zero-order valence-electron chi connectivity index (χ0n) is 14.7. The average Bonchev–Trinajstić information content (AvgIpc) is 2.71. The third-order valence-corrected chi connectivity index (χ3v) is 8.02. The highest BCUT2D eigenvalue weighted by Gasteiger charge is 2.44. The van der Waals surface area contributed by atoms with E-state index in [2.05, 4.69) is 47.6 Å². The van der Waals surface area contributed by atoms with Crippen LogP contribution in [0, 0.1) is 11.3 Å². The minimum atomic E-state index is -2.81. The molecule has 0 saturated heterocycles.